The van der Waals surface area contributed by atoms with Crippen LogP contribution < -0.4 is 0 Å². The molecule has 2 aliphatic heterocycles. The molecule has 2 heterocycles. The first-order chi connectivity index (χ1) is 14.1. The average molecular weight is 390 g/mol. The number of hydrogen-bond donors (Lipinski definition) is 0. The van der Waals surface area contributed by atoms with Crippen molar-refractivity contribution in [2.45, 2.75) is 49.4 Å². The van der Waals surface area contributed by atoms with Crippen molar-refractivity contribution in [1.82, 2.24) is 0 Å². The highest BCUT2D eigenvalue weighted by molar-refractivity contribution is 5.98. The standard InChI is InChI=1S/C24H22O5/c1-3-18-20-24(29-20,22(26)28-18)23(21(25)27-2)12-17-13-8-4-6-10-15(13)19(23)16-11-7-5-9-14(16)17/h4-11,17-20H,3,12H2,1-2H3/t17?,18-,19?,20-,23-,24-/m0/s1. The SMILES string of the molecule is CC[C@@H]1OC(=O)[C@@]2([C@@]3(C(=O)OC)CC4c5ccccc5C3c3ccccc34)O[C@@H]12. The van der Waals surface area contributed by atoms with Gasteiger partial charge in [0.2, 0.25) is 5.60 Å². The van der Waals surface area contributed by atoms with Crippen molar-refractivity contribution >= 4 is 11.9 Å². The maximum absolute atomic E-state index is 13.5. The Labute approximate surface area is 169 Å². The fourth-order valence-electron chi connectivity index (χ4n) is 6.40. The highest BCUT2D eigenvalue weighted by Gasteiger charge is 2.86. The quantitative estimate of drug-likeness (QED) is 0.594. The van der Waals surface area contributed by atoms with Gasteiger partial charge in [0.05, 0.1) is 7.11 Å². The van der Waals surface area contributed by atoms with Crippen LogP contribution in [0.2, 0.25) is 0 Å². The third kappa shape index (κ3) is 1.77. The molecule has 0 amide bonds. The summed E-state index contributed by atoms with van der Waals surface area (Å²) in [4.78, 5) is 26.7. The first kappa shape index (κ1) is 17.2. The second kappa shape index (κ2) is 5.48. The molecule has 0 N–H and O–H groups in total. The number of hydrogen-bond acceptors (Lipinski definition) is 5. The van der Waals surface area contributed by atoms with E-state index in [4.69, 9.17) is 14.2 Å². The summed E-state index contributed by atoms with van der Waals surface area (Å²) in [6, 6.07) is 16.5. The van der Waals surface area contributed by atoms with Crippen LogP contribution in [-0.2, 0) is 23.8 Å². The van der Waals surface area contributed by atoms with Gasteiger partial charge in [-0.1, -0.05) is 55.5 Å². The van der Waals surface area contributed by atoms with Crippen LogP contribution in [0.4, 0.5) is 0 Å². The number of epoxide rings is 1. The smallest absolute Gasteiger partial charge is 0.342 e. The zero-order valence-electron chi connectivity index (χ0n) is 16.4. The molecular formula is C24H22O5. The molecule has 0 unspecified atom stereocenters. The Bertz CT molecular complexity index is 1010. The van der Waals surface area contributed by atoms with Crippen LogP contribution in [0.1, 0.15) is 53.9 Å². The molecule has 2 saturated heterocycles. The molecule has 0 radical (unpaired) electrons. The molecule has 0 spiro atoms. The molecule has 5 nitrogen and oxygen atoms in total. The Kier molecular flexibility index (Phi) is 3.25. The number of esters is 2. The van der Waals surface area contributed by atoms with Crippen LogP contribution in [0.15, 0.2) is 48.5 Å². The molecule has 4 atom stereocenters. The topological polar surface area (TPSA) is 65.1 Å². The zero-order valence-corrected chi connectivity index (χ0v) is 16.4. The number of cyclic esters (lactones) is 1. The van der Waals surface area contributed by atoms with E-state index in [1.807, 2.05) is 31.2 Å². The number of carbonyl (C=O) groups excluding carboxylic acids is 2. The van der Waals surface area contributed by atoms with Gasteiger partial charge in [0.25, 0.3) is 0 Å². The number of carbonyl (C=O) groups is 2. The summed E-state index contributed by atoms with van der Waals surface area (Å²) in [5, 5.41) is 0. The minimum atomic E-state index is -1.26. The van der Waals surface area contributed by atoms with E-state index in [2.05, 4.69) is 24.3 Å². The first-order valence-electron chi connectivity index (χ1n) is 10.2. The van der Waals surface area contributed by atoms with Gasteiger partial charge in [-0.05, 0) is 35.1 Å². The van der Waals surface area contributed by atoms with Crippen molar-refractivity contribution in [3.05, 3.63) is 70.8 Å². The summed E-state index contributed by atoms with van der Waals surface area (Å²) < 4.78 is 17.2. The average Bonchev–Trinajstić information content (AvgIpc) is 3.47. The minimum Gasteiger partial charge on any atom is -0.468 e. The Balaban J connectivity index is 1.65. The van der Waals surface area contributed by atoms with Crippen molar-refractivity contribution < 1.29 is 23.8 Å². The van der Waals surface area contributed by atoms with Gasteiger partial charge in [0.1, 0.15) is 17.6 Å². The summed E-state index contributed by atoms with van der Waals surface area (Å²) in [6.07, 6.45) is 0.449. The van der Waals surface area contributed by atoms with Crippen molar-refractivity contribution in [2.24, 2.45) is 5.41 Å². The van der Waals surface area contributed by atoms with E-state index in [1.54, 1.807) is 0 Å². The molecule has 148 valence electrons. The van der Waals surface area contributed by atoms with Crippen LogP contribution >= 0.6 is 0 Å². The van der Waals surface area contributed by atoms with Gasteiger partial charge >= 0.3 is 11.9 Å². The summed E-state index contributed by atoms with van der Waals surface area (Å²) in [5.41, 5.74) is 2.24. The first-order valence-corrected chi connectivity index (χ1v) is 10.2. The molecule has 2 fully saturated rings. The molecule has 2 aromatic carbocycles. The zero-order chi connectivity index (χ0) is 20.0. The van der Waals surface area contributed by atoms with Crippen LogP contribution in [0.3, 0.4) is 0 Å². The lowest BCUT2D eigenvalue weighted by Crippen LogP contribution is -2.58. The third-order valence-corrected chi connectivity index (χ3v) is 7.55. The van der Waals surface area contributed by atoms with Crippen LogP contribution in [0.5, 0.6) is 0 Å². The van der Waals surface area contributed by atoms with Crippen LogP contribution in [0, 0.1) is 5.41 Å². The lowest BCUT2D eigenvalue weighted by atomic mass is 9.47. The normalized spacial score (nSPS) is 37.9. The molecule has 2 bridgehead atoms. The van der Waals surface area contributed by atoms with Gasteiger partial charge in [-0.25, -0.2) is 4.79 Å². The number of ether oxygens (including phenoxy) is 3. The van der Waals surface area contributed by atoms with Crippen LogP contribution in [0.25, 0.3) is 0 Å². The van der Waals surface area contributed by atoms with Crippen molar-refractivity contribution in [2.75, 3.05) is 7.11 Å². The second-order valence-electron chi connectivity index (χ2n) is 8.54. The Morgan fingerprint density at radius 3 is 2.14 bits per heavy atom. The highest BCUT2D eigenvalue weighted by Crippen LogP contribution is 2.72. The summed E-state index contributed by atoms with van der Waals surface area (Å²) in [7, 11) is 1.40. The number of methoxy groups -OCH3 is 1. The highest BCUT2D eigenvalue weighted by atomic mass is 16.7. The van der Waals surface area contributed by atoms with E-state index in [1.165, 1.54) is 18.2 Å². The third-order valence-electron chi connectivity index (χ3n) is 7.55. The van der Waals surface area contributed by atoms with E-state index in [-0.39, 0.29) is 23.9 Å². The van der Waals surface area contributed by atoms with E-state index < -0.39 is 23.1 Å². The molecule has 0 saturated carbocycles. The van der Waals surface area contributed by atoms with E-state index >= 15 is 0 Å². The second-order valence-corrected chi connectivity index (χ2v) is 8.54. The fourth-order valence-corrected chi connectivity index (χ4v) is 6.40. The summed E-state index contributed by atoms with van der Waals surface area (Å²) >= 11 is 0. The maximum atomic E-state index is 13.5. The largest absolute Gasteiger partial charge is 0.468 e. The molecule has 29 heavy (non-hydrogen) atoms. The lowest BCUT2D eigenvalue weighted by molar-refractivity contribution is -0.174. The number of benzene rings is 2. The van der Waals surface area contributed by atoms with Gasteiger partial charge in [-0.2, -0.15) is 0 Å². The molecule has 5 heteroatoms. The monoisotopic (exact) mass is 390 g/mol. The van der Waals surface area contributed by atoms with Gasteiger partial charge in [-0.15, -0.1) is 0 Å². The molecule has 5 aliphatic rings. The van der Waals surface area contributed by atoms with E-state index in [0.717, 1.165) is 11.1 Å². The molecule has 3 aliphatic carbocycles. The predicted octanol–water partition coefficient (Wildman–Crippen LogP) is 3.30. The van der Waals surface area contributed by atoms with Gasteiger partial charge in [0, 0.05) is 11.8 Å². The minimum absolute atomic E-state index is 0.0131. The number of fused-ring (bicyclic) bond motifs is 3. The van der Waals surface area contributed by atoms with Crippen LogP contribution in [-0.4, -0.2) is 36.9 Å². The van der Waals surface area contributed by atoms with Gasteiger partial charge < -0.3 is 14.2 Å². The van der Waals surface area contributed by atoms with E-state index in [0.29, 0.717) is 12.8 Å². The van der Waals surface area contributed by atoms with Gasteiger partial charge in [-0.3, -0.25) is 4.79 Å². The lowest BCUT2D eigenvalue weighted by Gasteiger charge is -2.52. The fraction of sp³-hybridized carbons (Fsp3) is 0.417. The predicted molar refractivity (Wildman–Crippen MR) is 103 cm³/mol. The van der Waals surface area contributed by atoms with Gasteiger partial charge in [0.15, 0.2) is 0 Å². The number of rotatable bonds is 3. The Hall–Kier alpha value is -2.66. The summed E-state index contributed by atoms with van der Waals surface area (Å²) in [6.45, 7) is 1.97. The molecular weight excluding hydrogens is 368 g/mol. The van der Waals surface area contributed by atoms with Crippen molar-refractivity contribution in [1.29, 1.82) is 0 Å². The van der Waals surface area contributed by atoms with Crippen molar-refractivity contribution in [3.63, 3.8) is 0 Å². The Morgan fingerprint density at radius 1 is 1.07 bits per heavy atom. The summed E-state index contributed by atoms with van der Waals surface area (Å²) in [5.74, 6) is -1.09. The Morgan fingerprint density at radius 2 is 1.66 bits per heavy atom. The van der Waals surface area contributed by atoms with Crippen molar-refractivity contribution in [3.8, 4) is 0 Å². The molecule has 7 rings (SSSR count). The maximum Gasteiger partial charge on any atom is 0.342 e. The van der Waals surface area contributed by atoms with E-state index in [9.17, 15) is 9.59 Å². The molecule has 0 aromatic heterocycles. The molecule has 2 aromatic rings.